The minimum absolute atomic E-state index is 0.124. The standard InChI is InChI=1S/C55H35N3O/c1-55(2)45-29-24-36-30-46-44(31-43(36)48(45)42-28-23-32-12-6-8-16-38(32)50(42)55)40-27-22-33-13-7-9-17-39(33)52(40)58(46)37-25-20-35(21-26-37)53-56-51(34-14-4-3-5-15-34)49-41-18-10-11-19-47(41)59-54(49)57-53/h3-31H,1-2H3. The highest BCUT2D eigenvalue weighted by molar-refractivity contribution is 6.22. The van der Waals surface area contributed by atoms with E-state index < -0.39 is 0 Å². The lowest BCUT2D eigenvalue weighted by Crippen LogP contribution is -2.15. The lowest BCUT2D eigenvalue weighted by Gasteiger charge is -2.23. The average Bonchev–Trinajstić information content (AvgIpc) is 3.90. The fraction of sp³-hybridized carbons (Fsp3) is 0.0545. The van der Waals surface area contributed by atoms with Crippen LogP contribution in [-0.4, -0.2) is 14.5 Å². The molecule has 0 bridgehead atoms. The number of hydrogen-bond donors (Lipinski definition) is 0. The highest BCUT2D eigenvalue weighted by atomic mass is 16.3. The second-order valence-corrected chi connectivity index (χ2v) is 16.5. The van der Waals surface area contributed by atoms with Gasteiger partial charge < -0.3 is 8.98 Å². The van der Waals surface area contributed by atoms with E-state index in [1.165, 1.54) is 76.4 Å². The molecule has 4 heteroatoms. The summed E-state index contributed by atoms with van der Waals surface area (Å²) in [5, 5.41) is 12.0. The molecular weight excluding hydrogens is 719 g/mol. The van der Waals surface area contributed by atoms with Crippen LogP contribution in [0.3, 0.4) is 0 Å². The molecule has 9 aromatic carbocycles. The third-order valence-corrected chi connectivity index (χ3v) is 13.0. The molecule has 13 rings (SSSR count). The quantitative estimate of drug-likeness (QED) is 0.180. The summed E-state index contributed by atoms with van der Waals surface area (Å²) < 4.78 is 8.81. The molecule has 0 fully saturated rings. The van der Waals surface area contributed by atoms with Crippen molar-refractivity contribution in [2.24, 2.45) is 0 Å². The monoisotopic (exact) mass is 753 g/mol. The summed E-state index contributed by atoms with van der Waals surface area (Å²) >= 11 is 0. The topological polar surface area (TPSA) is 43.9 Å². The van der Waals surface area contributed by atoms with Crippen molar-refractivity contribution in [2.45, 2.75) is 19.3 Å². The van der Waals surface area contributed by atoms with Gasteiger partial charge in [0.05, 0.1) is 22.1 Å². The Bertz CT molecular complexity index is 3740. The number of nitrogens with zero attached hydrogens (tertiary/aromatic N) is 3. The molecule has 4 nitrogen and oxygen atoms in total. The zero-order valence-electron chi connectivity index (χ0n) is 32.5. The molecule has 3 heterocycles. The molecule has 3 aromatic heterocycles. The highest BCUT2D eigenvalue weighted by Crippen LogP contribution is 2.54. The van der Waals surface area contributed by atoms with E-state index in [9.17, 15) is 0 Å². The van der Waals surface area contributed by atoms with Gasteiger partial charge in [0.2, 0.25) is 5.71 Å². The molecule has 0 N–H and O–H groups in total. The van der Waals surface area contributed by atoms with Crippen molar-refractivity contribution < 1.29 is 4.42 Å². The lowest BCUT2D eigenvalue weighted by atomic mass is 9.80. The third-order valence-electron chi connectivity index (χ3n) is 13.0. The molecule has 0 aliphatic heterocycles. The van der Waals surface area contributed by atoms with Crippen LogP contribution in [0.5, 0.6) is 0 Å². The van der Waals surface area contributed by atoms with Gasteiger partial charge in [-0.05, 0) is 91.6 Å². The molecule has 59 heavy (non-hydrogen) atoms. The van der Waals surface area contributed by atoms with E-state index in [-0.39, 0.29) is 5.41 Å². The third kappa shape index (κ3) is 4.49. The first-order valence-corrected chi connectivity index (χ1v) is 20.3. The van der Waals surface area contributed by atoms with Gasteiger partial charge >= 0.3 is 0 Å². The van der Waals surface area contributed by atoms with E-state index in [1.54, 1.807) is 0 Å². The summed E-state index contributed by atoms with van der Waals surface area (Å²) in [4.78, 5) is 10.2. The molecule has 0 radical (unpaired) electrons. The number of furan rings is 1. The Hall–Kier alpha value is -7.56. The normalized spacial score (nSPS) is 13.4. The average molecular weight is 754 g/mol. The number of hydrogen-bond acceptors (Lipinski definition) is 3. The molecule has 1 aliphatic rings. The van der Waals surface area contributed by atoms with Gasteiger partial charge in [-0.25, -0.2) is 4.98 Å². The summed E-state index contributed by atoms with van der Waals surface area (Å²) in [6.07, 6.45) is 0. The summed E-state index contributed by atoms with van der Waals surface area (Å²) in [6.45, 7) is 4.77. The number of para-hydroxylation sites is 1. The van der Waals surface area contributed by atoms with E-state index in [4.69, 9.17) is 14.4 Å². The summed E-state index contributed by atoms with van der Waals surface area (Å²) in [5.41, 5.74) is 13.1. The highest BCUT2D eigenvalue weighted by Gasteiger charge is 2.38. The summed E-state index contributed by atoms with van der Waals surface area (Å²) in [5.74, 6) is 0.630. The Morgan fingerprint density at radius 1 is 0.508 bits per heavy atom. The molecule has 0 saturated carbocycles. The SMILES string of the molecule is CC1(C)c2ccc3cc4c(cc3c2-c2ccc3ccccc3c21)c1ccc2ccccc2c1n4-c1ccc(-c2nc(-c3ccccc3)c3c(n2)oc2ccccc23)cc1. The van der Waals surface area contributed by atoms with Crippen molar-refractivity contribution >= 4 is 76.2 Å². The molecule has 0 spiro atoms. The van der Waals surface area contributed by atoms with Crippen molar-refractivity contribution in [1.29, 1.82) is 0 Å². The van der Waals surface area contributed by atoms with Gasteiger partial charge in [0, 0.05) is 43.8 Å². The fourth-order valence-electron chi connectivity index (χ4n) is 10.3. The molecular formula is C55H35N3O. The van der Waals surface area contributed by atoms with Crippen molar-refractivity contribution in [2.75, 3.05) is 0 Å². The maximum absolute atomic E-state index is 6.35. The molecule has 0 amide bonds. The molecule has 0 atom stereocenters. The van der Waals surface area contributed by atoms with Crippen LogP contribution in [0.4, 0.5) is 0 Å². The van der Waals surface area contributed by atoms with E-state index >= 15 is 0 Å². The minimum Gasteiger partial charge on any atom is -0.438 e. The van der Waals surface area contributed by atoms with Crippen LogP contribution in [0.15, 0.2) is 180 Å². The molecule has 1 aliphatic carbocycles. The van der Waals surface area contributed by atoms with Gasteiger partial charge in [0.25, 0.3) is 0 Å². The molecule has 0 unspecified atom stereocenters. The van der Waals surface area contributed by atoms with E-state index in [0.717, 1.165) is 38.9 Å². The number of aromatic nitrogens is 3. The lowest BCUT2D eigenvalue weighted by molar-refractivity contribution is 0.653. The van der Waals surface area contributed by atoms with Gasteiger partial charge in [0.1, 0.15) is 5.58 Å². The van der Waals surface area contributed by atoms with Crippen molar-refractivity contribution in [3.05, 3.63) is 187 Å². The fourth-order valence-corrected chi connectivity index (χ4v) is 10.3. The largest absolute Gasteiger partial charge is 0.438 e. The van der Waals surface area contributed by atoms with Crippen molar-refractivity contribution in [3.63, 3.8) is 0 Å². The van der Waals surface area contributed by atoms with Gasteiger partial charge in [-0.15, -0.1) is 0 Å². The number of fused-ring (bicyclic) bond motifs is 15. The Morgan fingerprint density at radius 3 is 2.03 bits per heavy atom. The first kappa shape index (κ1) is 32.5. The second-order valence-electron chi connectivity index (χ2n) is 16.5. The number of rotatable bonds is 3. The Labute approximate surface area is 339 Å². The van der Waals surface area contributed by atoms with Gasteiger partial charge in [-0.1, -0.05) is 147 Å². The zero-order valence-corrected chi connectivity index (χ0v) is 32.5. The Kier molecular flexibility index (Phi) is 6.48. The number of benzene rings is 9. The van der Waals surface area contributed by atoms with Gasteiger partial charge in [-0.3, -0.25) is 0 Å². The van der Waals surface area contributed by atoms with Crippen LogP contribution >= 0.6 is 0 Å². The summed E-state index contributed by atoms with van der Waals surface area (Å²) in [7, 11) is 0. The smallest absolute Gasteiger partial charge is 0.231 e. The van der Waals surface area contributed by atoms with Crippen LogP contribution in [0.25, 0.3) is 116 Å². The predicted molar refractivity (Wildman–Crippen MR) is 245 cm³/mol. The predicted octanol–water partition coefficient (Wildman–Crippen LogP) is 14.6. The van der Waals surface area contributed by atoms with E-state index in [2.05, 4.69) is 158 Å². The molecule has 276 valence electrons. The first-order chi connectivity index (χ1) is 29.0. The first-order valence-electron chi connectivity index (χ1n) is 20.3. The zero-order chi connectivity index (χ0) is 39.0. The second kappa shape index (κ2) is 11.7. The van der Waals surface area contributed by atoms with Crippen molar-refractivity contribution in [1.82, 2.24) is 14.5 Å². The van der Waals surface area contributed by atoms with Crippen LogP contribution in [0, 0.1) is 0 Å². The minimum atomic E-state index is -0.124. The van der Waals surface area contributed by atoms with E-state index in [0.29, 0.717) is 11.5 Å². The van der Waals surface area contributed by atoms with Gasteiger partial charge in [0.15, 0.2) is 5.82 Å². The van der Waals surface area contributed by atoms with Crippen LogP contribution in [-0.2, 0) is 5.41 Å². The van der Waals surface area contributed by atoms with Crippen LogP contribution in [0.2, 0.25) is 0 Å². The maximum Gasteiger partial charge on any atom is 0.231 e. The summed E-state index contributed by atoms with van der Waals surface area (Å²) in [6, 6.07) is 63.5. The Balaban J connectivity index is 1.04. The molecule has 0 saturated heterocycles. The van der Waals surface area contributed by atoms with Crippen LogP contribution in [0.1, 0.15) is 25.0 Å². The maximum atomic E-state index is 6.35. The Morgan fingerprint density at radius 2 is 1.20 bits per heavy atom. The van der Waals surface area contributed by atoms with Crippen LogP contribution < -0.4 is 0 Å². The van der Waals surface area contributed by atoms with E-state index in [1.807, 2.05) is 36.4 Å². The molecule has 12 aromatic rings. The van der Waals surface area contributed by atoms with Crippen molar-refractivity contribution in [3.8, 4) is 39.5 Å². The van der Waals surface area contributed by atoms with Gasteiger partial charge in [-0.2, -0.15) is 4.98 Å².